The van der Waals surface area contributed by atoms with Gasteiger partial charge in [-0.25, -0.2) is 0 Å². The number of benzene rings is 2. The SMILES string of the molecule is C[NH+]1CCN(c2ccc([N+](=O)[O-])c(NCCOc3ccccc3)c2)CC1. The molecule has 1 aliphatic heterocycles. The monoisotopic (exact) mass is 357 g/mol. The van der Waals surface area contributed by atoms with Crippen molar-refractivity contribution < 1.29 is 14.6 Å². The highest BCUT2D eigenvalue weighted by molar-refractivity contribution is 5.69. The molecule has 1 fully saturated rings. The van der Waals surface area contributed by atoms with Crippen LogP contribution >= 0.6 is 0 Å². The van der Waals surface area contributed by atoms with Gasteiger partial charge in [0, 0.05) is 18.3 Å². The number of likely N-dealkylation sites (N-methyl/N-ethyl adjacent to an activating group) is 1. The predicted molar refractivity (Wildman–Crippen MR) is 102 cm³/mol. The molecule has 0 spiro atoms. The van der Waals surface area contributed by atoms with Crippen molar-refractivity contribution >= 4 is 17.1 Å². The summed E-state index contributed by atoms with van der Waals surface area (Å²) in [6.45, 7) is 4.99. The summed E-state index contributed by atoms with van der Waals surface area (Å²) in [7, 11) is 2.19. The van der Waals surface area contributed by atoms with Gasteiger partial charge in [0.2, 0.25) is 0 Å². The van der Waals surface area contributed by atoms with Crippen LogP contribution in [0, 0.1) is 10.1 Å². The molecule has 0 aliphatic carbocycles. The van der Waals surface area contributed by atoms with Gasteiger partial charge in [-0.15, -0.1) is 0 Å². The van der Waals surface area contributed by atoms with Crippen LogP contribution in [-0.2, 0) is 0 Å². The number of para-hydroxylation sites is 1. The fourth-order valence-corrected chi connectivity index (χ4v) is 3.04. The summed E-state index contributed by atoms with van der Waals surface area (Å²) < 4.78 is 5.64. The maximum Gasteiger partial charge on any atom is 0.292 e. The van der Waals surface area contributed by atoms with Crippen LogP contribution in [0.15, 0.2) is 48.5 Å². The molecule has 0 atom stereocenters. The highest BCUT2D eigenvalue weighted by Crippen LogP contribution is 2.29. The number of ether oxygens (including phenoxy) is 1. The molecule has 0 saturated carbocycles. The number of nitro benzene ring substituents is 1. The lowest BCUT2D eigenvalue weighted by molar-refractivity contribution is -0.880. The zero-order valence-electron chi connectivity index (χ0n) is 15.0. The third-order valence-electron chi connectivity index (χ3n) is 4.59. The van der Waals surface area contributed by atoms with Gasteiger partial charge in [-0.05, 0) is 24.3 Å². The highest BCUT2D eigenvalue weighted by atomic mass is 16.6. The number of anilines is 2. The molecule has 26 heavy (non-hydrogen) atoms. The number of hydrogen-bond acceptors (Lipinski definition) is 5. The maximum absolute atomic E-state index is 11.3. The lowest BCUT2D eigenvalue weighted by Crippen LogP contribution is -3.12. The van der Waals surface area contributed by atoms with E-state index in [0.29, 0.717) is 18.8 Å². The van der Waals surface area contributed by atoms with Gasteiger partial charge >= 0.3 is 0 Å². The van der Waals surface area contributed by atoms with E-state index >= 15 is 0 Å². The molecule has 138 valence electrons. The molecule has 2 aromatic rings. The Kier molecular flexibility index (Phi) is 5.91. The van der Waals surface area contributed by atoms with Crippen LogP contribution in [0.3, 0.4) is 0 Å². The average molecular weight is 357 g/mol. The van der Waals surface area contributed by atoms with Crippen LogP contribution in [0.4, 0.5) is 17.1 Å². The number of nitro groups is 1. The second-order valence-corrected chi connectivity index (χ2v) is 6.49. The van der Waals surface area contributed by atoms with E-state index in [2.05, 4.69) is 17.3 Å². The first-order chi connectivity index (χ1) is 12.6. The minimum absolute atomic E-state index is 0.0909. The Balaban J connectivity index is 1.63. The Labute approximate surface area is 153 Å². The summed E-state index contributed by atoms with van der Waals surface area (Å²) in [6.07, 6.45) is 0. The van der Waals surface area contributed by atoms with E-state index in [1.54, 1.807) is 6.07 Å². The van der Waals surface area contributed by atoms with Crippen molar-refractivity contribution in [2.75, 3.05) is 56.6 Å². The lowest BCUT2D eigenvalue weighted by atomic mass is 10.2. The summed E-state index contributed by atoms with van der Waals surface area (Å²) >= 11 is 0. The van der Waals surface area contributed by atoms with Gasteiger partial charge in [0.05, 0.1) is 38.2 Å². The summed E-state index contributed by atoms with van der Waals surface area (Å²) in [5.41, 5.74) is 1.65. The van der Waals surface area contributed by atoms with Crippen LogP contribution in [-0.4, -0.2) is 51.3 Å². The zero-order valence-corrected chi connectivity index (χ0v) is 15.0. The van der Waals surface area contributed by atoms with Crippen LogP contribution in [0.5, 0.6) is 5.75 Å². The first kappa shape index (κ1) is 18.0. The van der Waals surface area contributed by atoms with E-state index in [1.807, 2.05) is 42.5 Å². The van der Waals surface area contributed by atoms with Gasteiger partial charge in [0.15, 0.2) is 0 Å². The molecular weight excluding hydrogens is 332 g/mol. The van der Waals surface area contributed by atoms with Crippen LogP contribution in [0.2, 0.25) is 0 Å². The van der Waals surface area contributed by atoms with E-state index < -0.39 is 0 Å². The second kappa shape index (κ2) is 8.53. The number of nitrogens with one attached hydrogen (secondary N) is 2. The molecule has 2 aromatic carbocycles. The topological polar surface area (TPSA) is 72.1 Å². The van der Waals surface area contributed by atoms with Gasteiger partial charge in [-0.1, -0.05) is 18.2 Å². The zero-order chi connectivity index (χ0) is 18.4. The Hall–Kier alpha value is -2.80. The number of nitrogens with zero attached hydrogens (tertiary/aromatic N) is 2. The van der Waals surface area contributed by atoms with Crippen LogP contribution in [0.1, 0.15) is 0 Å². The average Bonchev–Trinajstić information content (AvgIpc) is 2.66. The van der Waals surface area contributed by atoms with Gasteiger partial charge in [0.1, 0.15) is 18.0 Å². The van der Waals surface area contributed by atoms with Gasteiger partial charge in [-0.2, -0.15) is 0 Å². The molecule has 0 unspecified atom stereocenters. The minimum atomic E-state index is -0.349. The van der Waals surface area contributed by atoms with E-state index in [0.717, 1.165) is 37.6 Å². The lowest BCUT2D eigenvalue weighted by Gasteiger charge is -2.32. The van der Waals surface area contributed by atoms with Crippen LogP contribution < -0.4 is 19.9 Å². The van der Waals surface area contributed by atoms with E-state index in [4.69, 9.17) is 4.74 Å². The molecule has 0 aromatic heterocycles. The predicted octanol–water partition coefficient (Wildman–Crippen LogP) is 1.42. The van der Waals surface area contributed by atoms with Crippen molar-refractivity contribution in [3.05, 3.63) is 58.6 Å². The first-order valence-corrected chi connectivity index (χ1v) is 8.90. The van der Waals surface area contributed by atoms with Crippen molar-refractivity contribution in [3.63, 3.8) is 0 Å². The molecule has 2 N–H and O–H groups in total. The molecule has 1 aliphatic rings. The fourth-order valence-electron chi connectivity index (χ4n) is 3.04. The van der Waals surface area contributed by atoms with Gasteiger partial charge in [-0.3, -0.25) is 10.1 Å². The molecule has 3 rings (SSSR count). The fraction of sp³-hybridized carbons (Fsp3) is 0.368. The van der Waals surface area contributed by atoms with Crippen molar-refractivity contribution in [1.29, 1.82) is 0 Å². The molecule has 0 radical (unpaired) electrons. The summed E-state index contributed by atoms with van der Waals surface area (Å²) in [4.78, 5) is 14.8. The highest BCUT2D eigenvalue weighted by Gasteiger charge is 2.20. The Bertz CT molecular complexity index is 731. The summed E-state index contributed by atoms with van der Waals surface area (Å²) in [5, 5.41) is 14.5. The Morgan fingerprint density at radius 3 is 2.62 bits per heavy atom. The largest absolute Gasteiger partial charge is 0.492 e. The Morgan fingerprint density at radius 1 is 1.19 bits per heavy atom. The standard InChI is InChI=1S/C19H24N4O3/c1-21-10-12-22(13-11-21)16-7-8-19(23(24)25)18(15-16)20-9-14-26-17-5-3-2-4-6-17/h2-8,15,20H,9-14H2,1H3/p+1. The molecular formula is C19H25N4O3+. The molecule has 0 bridgehead atoms. The summed E-state index contributed by atoms with van der Waals surface area (Å²) in [5.74, 6) is 0.789. The number of piperazine rings is 1. The van der Waals surface area contributed by atoms with Crippen molar-refractivity contribution in [2.45, 2.75) is 0 Å². The molecule has 0 amide bonds. The maximum atomic E-state index is 11.3. The van der Waals surface area contributed by atoms with Gasteiger partial charge < -0.3 is 19.9 Å². The minimum Gasteiger partial charge on any atom is -0.492 e. The molecule has 1 saturated heterocycles. The van der Waals surface area contributed by atoms with Crippen LogP contribution in [0.25, 0.3) is 0 Å². The van der Waals surface area contributed by atoms with Crippen molar-refractivity contribution in [1.82, 2.24) is 0 Å². The van der Waals surface area contributed by atoms with Crippen molar-refractivity contribution in [2.24, 2.45) is 0 Å². The third kappa shape index (κ3) is 4.64. The smallest absolute Gasteiger partial charge is 0.292 e. The molecule has 7 nitrogen and oxygen atoms in total. The first-order valence-electron chi connectivity index (χ1n) is 8.90. The second-order valence-electron chi connectivity index (χ2n) is 6.49. The van der Waals surface area contributed by atoms with E-state index in [1.165, 1.54) is 4.90 Å². The van der Waals surface area contributed by atoms with E-state index in [-0.39, 0.29) is 10.6 Å². The quantitative estimate of drug-likeness (QED) is 0.445. The summed E-state index contributed by atoms with van der Waals surface area (Å²) in [6, 6.07) is 14.8. The van der Waals surface area contributed by atoms with E-state index in [9.17, 15) is 10.1 Å². The number of rotatable bonds is 7. The number of hydrogen-bond donors (Lipinski definition) is 2. The third-order valence-corrected chi connectivity index (χ3v) is 4.59. The van der Waals surface area contributed by atoms with Gasteiger partial charge in [0.25, 0.3) is 5.69 Å². The number of quaternary nitrogens is 1. The normalized spacial score (nSPS) is 14.9. The molecule has 1 heterocycles. The van der Waals surface area contributed by atoms with Crippen molar-refractivity contribution in [3.8, 4) is 5.75 Å². The molecule has 7 heteroatoms. The Morgan fingerprint density at radius 2 is 1.92 bits per heavy atom.